The first-order valence-electron chi connectivity index (χ1n) is 10.1. The number of aryl methyl sites for hydroxylation is 1. The van der Waals surface area contributed by atoms with E-state index >= 15 is 0 Å². The number of benzene rings is 1. The number of hydrogen-bond acceptors (Lipinski definition) is 8. The first-order chi connectivity index (χ1) is 15.3. The third-order valence-electron chi connectivity index (χ3n) is 5.62. The molecule has 0 radical (unpaired) electrons. The standard InChI is InChI=1S/C21H21N5O5S/c1-11-3-5-14-17(7-11)32-20-18(14)21(29)25(10-22-20)12(2)19(28)24-23-9-13-4-6-16(27)15(8-13)26(30)31/h4,6,8-12,27H,3,5,7H2,1-2H3,(H,24,28)/b23-9-/t11-,12+/m1/s1. The number of phenols is 1. The number of carbonyl (C=O) groups excluding carboxylic acids is 1. The minimum Gasteiger partial charge on any atom is -0.502 e. The SMILES string of the molecule is C[C@@H]1CCc2c(sc3ncn([C@@H](C)C(=O)N/N=C\c4ccc(O)c([N+](=O)[O-])c4)c(=O)c23)C1. The highest BCUT2D eigenvalue weighted by atomic mass is 32.1. The van der Waals surface area contributed by atoms with E-state index in [1.807, 2.05) is 0 Å². The summed E-state index contributed by atoms with van der Waals surface area (Å²) in [5, 5.41) is 24.8. The van der Waals surface area contributed by atoms with Crippen LogP contribution in [0.4, 0.5) is 5.69 Å². The quantitative estimate of drug-likeness (QED) is 0.344. The summed E-state index contributed by atoms with van der Waals surface area (Å²) in [6.07, 6.45) is 5.40. The molecule has 0 spiro atoms. The van der Waals surface area contributed by atoms with Gasteiger partial charge in [0.15, 0.2) is 5.75 Å². The molecule has 32 heavy (non-hydrogen) atoms. The summed E-state index contributed by atoms with van der Waals surface area (Å²) in [7, 11) is 0. The van der Waals surface area contributed by atoms with Crippen LogP contribution in [0.5, 0.6) is 5.75 Å². The van der Waals surface area contributed by atoms with Crippen molar-refractivity contribution in [3.63, 3.8) is 0 Å². The fourth-order valence-electron chi connectivity index (χ4n) is 3.78. The van der Waals surface area contributed by atoms with E-state index in [0.29, 0.717) is 21.7 Å². The van der Waals surface area contributed by atoms with Gasteiger partial charge in [0, 0.05) is 16.5 Å². The molecule has 11 heteroatoms. The van der Waals surface area contributed by atoms with Gasteiger partial charge >= 0.3 is 5.69 Å². The molecular formula is C21H21N5O5S. The predicted molar refractivity (Wildman–Crippen MR) is 120 cm³/mol. The number of hydrogen-bond donors (Lipinski definition) is 2. The lowest BCUT2D eigenvalue weighted by Crippen LogP contribution is -2.34. The van der Waals surface area contributed by atoms with Crippen LogP contribution in [-0.2, 0) is 17.6 Å². The predicted octanol–water partition coefficient (Wildman–Crippen LogP) is 2.91. The molecule has 2 heterocycles. The molecule has 1 aromatic carbocycles. The molecule has 3 aromatic rings. The lowest BCUT2D eigenvalue weighted by Gasteiger charge is -2.18. The van der Waals surface area contributed by atoms with E-state index in [-0.39, 0.29) is 5.56 Å². The summed E-state index contributed by atoms with van der Waals surface area (Å²) in [6.45, 7) is 3.77. The van der Waals surface area contributed by atoms with Crippen LogP contribution in [0.25, 0.3) is 10.2 Å². The van der Waals surface area contributed by atoms with Crippen LogP contribution in [0.3, 0.4) is 0 Å². The van der Waals surface area contributed by atoms with Crippen molar-refractivity contribution >= 4 is 39.4 Å². The molecule has 1 aliphatic carbocycles. The van der Waals surface area contributed by atoms with Crippen molar-refractivity contribution in [2.24, 2.45) is 11.0 Å². The third kappa shape index (κ3) is 3.98. The molecule has 2 aromatic heterocycles. The maximum atomic E-state index is 13.1. The minimum absolute atomic E-state index is 0.247. The number of aromatic nitrogens is 2. The second-order valence-electron chi connectivity index (χ2n) is 7.90. The van der Waals surface area contributed by atoms with Crippen molar-refractivity contribution in [1.29, 1.82) is 0 Å². The van der Waals surface area contributed by atoms with Crippen LogP contribution in [0.1, 0.15) is 42.3 Å². The number of nitro benzene ring substituents is 1. The van der Waals surface area contributed by atoms with Crippen molar-refractivity contribution in [3.8, 4) is 5.75 Å². The lowest BCUT2D eigenvalue weighted by atomic mass is 9.89. The van der Waals surface area contributed by atoms with Crippen LogP contribution in [0.15, 0.2) is 34.4 Å². The molecule has 4 rings (SSSR count). The Morgan fingerprint density at radius 2 is 2.28 bits per heavy atom. The Balaban J connectivity index is 1.54. The molecular weight excluding hydrogens is 434 g/mol. The molecule has 0 fully saturated rings. The first-order valence-corrected chi connectivity index (χ1v) is 10.9. The fraction of sp³-hybridized carbons (Fsp3) is 0.333. The molecule has 0 aliphatic heterocycles. The van der Waals surface area contributed by atoms with Gasteiger partial charge in [0.05, 0.1) is 22.9 Å². The number of nitrogens with zero attached hydrogens (tertiary/aromatic N) is 4. The van der Waals surface area contributed by atoms with Gasteiger partial charge in [-0.05, 0) is 49.8 Å². The van der Waals surface area contributed by atoms with Crippen LogP contribution >= 0.6 is 11.3 Å². The van der Waals surface area contributed by atoms with E-state index in [1.54, 1.807) is 18.3 Å². The Hall–Kier alpha value is -3.60. The number of aromatic hydroxyl groups is 1. The van der Waals surface area contributed by atoms with Crippen LogP contribution in [-0.4, -0.2) is 31.7 Å². The Labute approximate surface area is 186 Å². The van der Waals surface area contributed by atoms with Crippen molar-refractivity contribution in [2.75, 3.05) is 0 Å². The highest BCUT2D eigenvalue weighted by molar-refractivity contribution is 7.18. The molecule has 1 amide bonds. The van der Waals surface area contributed by atoms with Gasteiger partial charge in [-0.2, -0.15) is 5.10 Å². The number of amides is 1. The van der Waals surface area contributed by atoms with E-state index in [0.717, 1.165) is 30.9 Å². The maximum Gasteiger partial charge on any atom is 0.311 e. The molecule has 0 saturated heterocycles. The molecule has 0 unspecified atom stereocenters. The number of phenolic OH excluding ortho intramolecular Hbond substituents is 1. The van der Waals surface area contributed by atoms with Gasteiger partial charge in [-0.15, -0.1) is 11.3 Å². The topological polar surface area (TPSA) is 140 Å². The Morgan fingerprint density at radius 1 is 1.50 bits per heavy atom. The van der Waals surface area contributed by atoms with Crippen molar-refractivity contribution in [3.05, 3.63) is 61.0 Å². The van der Waals surface area contributed by atoms with E-state index in [9.17, 15) is 24.8 Å². The van der Waals surface area contributed by atoms with Crippen LogP contribution in [0.2, 0.25) is 0 Å². The van der Waals surface area contributed by atoms with Gasteiger partial charge in [0.25, 0.3) is 11.5 Å². The number of nitro groups is 1. The minimum atomic E-state index is -0.858. The van der Waals surface area contributed by atoms with Gasteiger partial charge in [-0.3, -0.25) is 24.3 Å². The molecule has 0 bridgehead atoms. The number of hydrazone groups is 1. The summed E-state index contributed by atoms with van der Waals surface area (Å²) in [5.41, 5.74) is 3.00. The first kappa shape index (κ1) is 21.6. The Morgan fingerprint density at radius 3 is 3.03 bits per heavy atom. The number of rotatable bonds is 5. The zero-order valence-electron chi connectivity index (χ0n) is 17.4. The second kappa shape index (κ2) is 8.50. The number of thiophene rings is 1. The number of fused-ring (bicyclic) bond motifs is 3. The summed E-state index contributed by atoms with van der Waals surface area (Å²) < 4.78 is 1.30. The van der Waals surface area contributed by atoms with Gasteiger partial charge in [-0.25, -0.2) is 10.4 Å². The summed E-state index contributed by atoms with van der Waals surface area (Å²) >= 11 is 1.55. The average Bonchev–Trinajstić information content (AvgIpc) is 3.12. The molecule has 10 nitrogen and oxygen atoms in total. The summed E-state index contributed by atoms with van der Waals surface area (Å²) in [5.74, 6) is -0.414. The fourth-order valence-corrected chi connectivity index (χ4v) is 5.12. The molecule has 2 N–H and O–H groups in total. The molecule has 2 atom stereocenters. The third-order valence-corrected chi connectivity index (χ3v) is 6.78. The monoisotopic (exact) mass is 455 g/mol. The van der Waals surface area contributed by atoms with Gasteiger partial charge < -0.3 is 5.11 Å². The van der Waals surface area contributed by atoms with Crippen molar-refractivity contribution in [1.82, 2.24) is 15.0 Å². The maximum absolute atomic E-state index is 13.1. The van der Waals surface area contributed by atoms with Gasteiger partial charge in [-0.1, -0.05) is 6.92 Å². The lowest BCUT2D eigenvalue weighted by molar-refractivity contribution is -0.385. The highest BCUT2D eigenvalue weighted by Gasteiger charge is 2.25. The number of nitrogens with one attached hydrogen (secondary N) is 1. The van der Waals surface area contributed by atoms with Crippen molar-refractivity contribution in [2.45, 2.75) is 39.2 Å². The zero-order valence-corrected chi connectivity index (χ0v) is 18.3. The van der Waals surface area contributed by atoms with Gasteiger partial charge in [0.2, 0.25) is 0 Å². The van der Waals surface area contributed by atoms with E-state index in [4.69, 9.17) is 0 Å². The molecule has 0 saturated carbocycles. The Bertz CT molecular complexity index is 1310. The van der Waals surface area contributed by atoms with Crippen LogP contribution in [0, 0.1) is 16.0 Å². The van der Waals surface area contributed by atoms with E-state index in [1.165, 1.54) is 34.1 Å². The highest BCUT2D eigenvalue weighted by Crippen LogP contribution is 2.35. The molecule has 1 aliphatic rings. The van der Waals surface area contributed by atoms with E-state index < -0.39 is 28.3 Å². The van der Waals surface area contributed by atoms with Gasteiger partial charge in [0.1, 0.15) is 10.9 Å². The average molecular weight is 455 g/mol. The van der Waals surface area contributed by atoms with Crippen LogP contribution < -0.4 is 11.0 Å². The Kier molecular flexibility index (Phi) is 5.74. The smallest absolute Gasteiger partial charge is 0.311 e. The zero-order chi connectivity index (χ0) is 23.0. The largest absolute Gasteiger partial charge is 0.502 e. The summed E-state index contributed by atoms with van der Waals surface area (Å²) in [4.78, 5) is 42.2. The van der Waals surface area contributed by atoms with Crippen molar-refractivity contribution < 1.29 is 14.8 Å². The van der Waals surface area contributed by atoms with E-state index in [2.05, 4.69) is 22.4 Å². The normalized spacial score (nSPS) is 16.8. The summed E-state index contributed by atoms with van der Waals surface area (Å²) in [6, 6.07) is 2.87. The second-order valence-corrected chi connectivity index (χ2v) is 8.99. The molecule has 166 valence electrons. The number of carbonyl (C=O) groups is 1.